The van der Waals surface area contributed by atoms with Crippen LogP contribution in [-0.2, 0) is 13.0 Å². The number of non-ortho nitro benzene ring substituents is 1. The maximum atomic E-state index is 10.9. The van der Waals surface area contributed by atoms with Crippen molar-refractivity contribution in [3.8, 4) is 0 Å². The van der Waals surface area contributed by atoms with Crippen LogP contribution >= 0.6 is 15.9 Å². The van der Waals surface area contributed by atoms with Crippen molar-refractivity contribution in [2.45, 2.75) is 13.0 Å². The SMILES string of the molecule is O=[N+]([O-])c1ccc2ccn(CCNCCc3ccc(Br)cc3)c2c1. The Labute approximate surface area is 148 Å². The molecular formula is C18H18BrN3O2. The molecule has 124 valence electrons. The fourth-order valence-electron chi connectivity index (χ4n) is 2.69. The summed E-state index contributed by atoms with van der Waals surface area (Å²) >= 11 is 3.43. The highest BCUT2D eigenvalue weighted by Gasteiger charge is 2.08. The largest absolute Gasteiger partial charge is 0.346 e. The predicted molar refractivity (Wildman–Crippen MR) is 99.3 cm³/mol. The summed E-state index contributed by atoms with van der Waals surface area (Å²) in [5, 5.41) is 15.4. The standard InChI is InChI=1S/C18H18BrN3O2/c19-16-4-1-14(2-5-16)7-9-20-10-12-21-11-8-15-3-6-17(22(23)24)13-18(15)21/h1-6,8,11,13,20H,7,9-10,12H2. The van der Waals surface area contributed by atoms with Gasteiger partial charge < -0.3 is 9.88 Å². The molecule has 0 bridgehead atoms. The number of hydrogen-bond acceptors (Lipinski definition) is 3. The van der Waals surface area contributed by atoms with Crippen molar-refractivity contribution in [1.82, 2.24) is 9.88 Å². The van der Waals surface area contributed by atoms with E-state index in [0.29, 0.717) is 0 Å². The summed E-state index contributed by atoms with van der Waals surface area (Å²) in [5.41, 5.74) is 2.33. The van der Waals surface area contributed by atoms with Gasteiger partial charge in [0.1, 0.15) is 0 Å². The van der Waals surface area contributed by atoms with E-state index in [1.54, 1.807) is 18.2 Å². The van der Waals surface area contributed by atoms with Crippen molar-refractivity contribution in [3.05, 3.63) is 74.9 Å². The minimum absolute atomic E-state index is 0.130. The third kappa shape index (κ3) is 4.01. The minimum atomic E-state index is -0.354. The molecule has 0 aliphatic heterocycles. The molecule has 3 aromatic rings. The maximum Gasteiger partial charge on any atom is 0.271 e. The molecular weight excluding hydrogens is 370 g/mol. The van der Waals surface area contributed by atoms with Gasteiger partial charge in [0.25, 0.3) is 5.69 Å². The fourth-order valence-corrected chi connectivity index (χ4v) is 2.95. The Hall–Kier alpha value is -2.18. The highest BCUT2D eigenvalue weighted by molar-refractivity contribution is 9.10. The van der Waals surface area contributed by atoms with Gasteiger partial charge in [-0.15, -0.1) is 0 Å². The highest BCUT2D eigenvalue weighted by atomic mass is 79.9. The monoisotopic (exact) mass is 387 g/mol. The Kier molecular flexibility index (Phi) is 5.27. The van der Waals surface area contributed by atoms with Crippen molar-refractivity contribution in [1.29, 1.82) is 0 Å². The van der Waals surface area contributed by atoms with Crippen LogP contribution in [0.5, 0.6) is 0 Å². The molecule has 6 heteroatoms. The molecule has 0 aliphatic carbocycles. The Morgan fingerprint density at radius 3 is 2.62 bits per heavy atom. The minimum Gasteiger partial charge on any atom is -0.346 e. The number of halogens is 1. The van der Waals surface area contributed by atoms with Crippen molar-refractivity contribution in [2.75, 3.05) is 13.1 Å². The molecule has 0 amide bonds. The summed E-state index contributed by atoms with van der Waals surface area (Å²) in [6.07, 6.45) is 2.95. The highest BCUT2D eigenvalue weighted by Crippen LogP contribution is 2.21. The fraction of sp³-hybridized carbons (Fsp3) is 0.222. The topological polar surface area (TPSA) is 60.1 Å². The van der Waals surface area contributed by atoms with Crippen LogP contribution in [0.4, 0.5) is 5.69 Å². The van der Waals surface area contributed by atoms with Gasteiger partial charge >= 0.3 is 0 Å². The lowest BCUT2D eigenvalue weighted by Crippen LogP contribution is -2.22. The Balaban J connectivity index is 1.53. The van der Waals surface area contributed by atoms with Crippen molar-refractivity contribution in [2.24, 2.45) is 0 Å². The molecule has 0 saturated carbocycles. The van der Waals surface area contributed by atoms with E-state index in [-0.39, 0.29) is 10.6 Å². The lowest BCUT2D eigenvalue weighted by molar-refractivity contribution is -0.384. The molecule has 0 radical (unpaired) electrons. The Bertz CT molecular complexity index is 843. The van der Waals surface area contributed by atoms with Crippen molar-refractivity contribution < 1.29 is 4.92 Å². The van der Waals surface area contributed by atoms with Crippen LogP contribution in [0.25, 0.3) is 10.9 Å². The first kappa shape index (κ1) is 16.7. The predicted octanol–water partition coefficient (Wildman–Crippen LogP) is 4.14. The quantitative estimate of drug-likeness (QED) is 0.376. The average molecular weight is 388 g/mol. The van der Waals surface area contributed by atoms with Gasteiger partial charge in [0, 0.05) is 41.3 Å². The number of rotatable bonds is 7. The van der Waals surface area contributed by atoms with Gasteiger partial charge in [0.05, 0.1) is 10.4 Å². The van der Waals surface area contributed by atoms with Crippen molar-refractivity contribution in [3.63, 3.8) is 0 Å². The van der Waals surface area contributed by atoms with Crippen molar-refractivity contribution >= 4 is 32.5 Å². The number of hydrogen-bond donors (Lipinski definition) is 1. The molecule has 0 atom stereocenters. The molecule has 1 aromatic heterocycles. The number of nitrogens with zero attached hydrogens (tertiary/aromatic N) is 2. The van der Waals surface area contributed by atoms with Crippen LogP contribution in [0.15, 0.2) is 59.2 Å². The third-order valence-electron chi connectivity index (χ3n) is 4.00. The third-order valence-corrected chi connectivity index (χ3v) is 4.53. The number of nitro groups is 1. The molecule has 3 rings (SSSR count). The van der Waals surface area contributed by atoms with Gasteiger partial charge in [0.15, 0.2) is 0 Å². The van der Waals surface area contributed by atoms with E-state index < -0.39 is 0 Å². The average Bonchev–Trinajstić information content (AvgIpc) is 2.98. The molecule has 0 fully saturated rings. The molecule has 0 unspecified atom stereocenters. The lowest BCUT2D eigenvalue weighted by Gasteiger charge is -2.08. The maximum absolute atomic E-state index is 10.9. The van der Waals surface area contributed by atoms with Crippen LogP contribution in [0, 0.1) is 10.1 Å². The van der Waals surface area contributed by atoms with Crippen LogP contribution in [0.2, 0.25) is 0 Å². The molecule has 5 nitrogen and oxygen atoms in total. The van der Waals surface area contributed by atoms with E-state index in [1.807, 2.05) is 24.4 Å². The molecule has 1 heterocycles. The summed E-state index contributed by atoms with van der Waals surface area (Å²) in [6, 6.07) is 15.3. The van der Waals surface area contributed by atoms with E-state index >= 15 is 0 Å². The zero-order valence-corrected chi connectivity index (χ0v) is 14.7. The second-order valence-electron chi connectivity index (χ2n) is 5.64. The van der Waals surface area contributed by atoms with Gasteiger partial charge in [-0.05, 0) is 42.8 Å². The summed E-state index contributed by atoms with van der Waals surface area (Å²) < 4.78 is 3.14. The first-order valence-corrected chi connectivity index (χ1v) is 8.61. The van der Waals surface area contributed by atoms with E-state index in [1.165, 1.54) is 5.56 Å². The molecule has 0 spiro atoms. The number of nitro benzene ring substituents is 1. The van der Waals surface area contributed by atoms with Gasteiger partial charge in [-0.1, -0.05) is 28.1 Å². The van der Waals surface area contributed by atoms with Crippen LogP contribution < -0.4 is 5.32 Å². The number of aromatic nitrogens is 1. The van der Waals surface area contributed by atoms with Gasteiger partial charge in [-0.2, -0.15) is 0 Å². The number of benzene rings is 2. The summed E-state index contributed by atoms with van der Waals surface area (Å²) in [7, 11) is 0. The van der Waals surface area contributed by atoms with E-state index in [9.17, 15) is 10.1 Å². The second-order valence-corrected chi connectivity index (χ2v) is 6.55. The lowest BCUT2D eigenvalue weighted by atomic mass is 10.1. The first-order valence-electron chi connectivity index (χ1n) is 7.82. The smallest absolute Gasteiger partial charge is 0.271 e. The van der Waals surface area contributed by atoms with E-state index in [4.69, 9.17) is 0 Å². The molecule has 0 aliphatic rings. The van der Waals surface area contributed by atoms with Gasteiger partial charge in [0.2, 0.25) is 0 Å². The number of fused-ring (bicyclic) bond motifs is 1. The molecule has 24 heavy (non-hydrogen) atoms. The summed E-state index contributed by atoms with van der Waals surface area (Å²) in [5.74, 6) is 0. The van der Waals surface area contributed by atoms with Gasteiger partial charge in [-0.3, -0.25) is 10.1 Å². The summed E-state index contributed by atoms with van der Waals surface area (Å²) in [4.78, 5) is 10.6. The Morgan fingerprint density at radius 1 is 1.08 bits per heavy atom. The molecule has 0 saturated heterocycles. The van der Waals surface area contributed by atoms with Crippen LogP contribution in [0.1, 0.15) is 5.56 Å². The normalized spacial score (nSPS) is 11.0. The molecule has 1 N–H and O–H groups in total. The number of nitrogens with one attached hydrogen (secondary N) is 1. The van der Waals surface area contributed by atoms with Crippen LogP contribution in [-0.4, -0.2) is 22.6 Å². The van der Waals surface area contributed by atoms with E-state index in [0.717, 1.165) is 41.4 Å². The zero-order chi connectivity index (χ0) is 16.9. The zero-order valence-electron chi connectivity index (χ0n) is 13.1. The van der Waals surface area contributed by atoms with Gasteiger partial charge in [-0.25, -0.2) is 0 Å². The summed E-state index contributed by atoms with van der Waals surface area (Å²) in [6.45, 7) is 2.51. The van der Waals surface area contributed by atoms with Crippen LogP contribution in [0.3, 0.4) is 0 Å². The second kappa shape index (κ2) is 7.59. The first-order chi connectivity index (χ1) is 11.6. The van der Waals surface area contributed by atoms with E-state index in [2.05, 4.69) is 37.9 Å². The Morgan fingerprint density at radius 2 is 1.88 bits per heavy atom. The molecule has 2 aromatic carbocycles.